The Balaban J connectivity index is 1.30. The molecule has 1 atom stereocenters. The van der Waals surface area contributed by atoms with Crippen LogP contribution in [0.1, 0.15) is 5.69 Å². The molecule has 10 heteroatoms. The molecule has 0 bridgehead atoms. The molecule has 1 saturated heterocycles. The van der Waals surface area contributed by atoms with Crippen LogP contribution in [0.4, 0.5) is 16.6 Å². The van der Waals surface area contributed by atoms with Gasteiger partial charge in [-0.1, -0.05) is 11.3 Å². The third-order valence-corrected chi connectivity index (χ3v) is 6.70. The minimum absolute atomic E-state index is 0.479. The van der Waals surface area contributed by atoms with E-state index in [-0.39, 0.29) is 0 Å². The standard InChI is InChI=1S/C24H25N7O2S/c1-16-13-17(5-7-25-16)19-3-4-20-23(27-19)34-24(28-20)29-21-14-18(6-8-26-21)30-9-11-31(12-10-30)22(15-32)33-2/h3-8,13-15,22H,9-12H2,1-2H3,(H,26,28,29). The molecule has 9 nitrogen and oxygen atoms in total. The van der Waals surface area contributed by atoms with Crippen LogP contribution < -0.4 is 10.2 Å². The van der Waals surface area contributed by atoms with E-state index in [1.165, 1.54) is 11.3 Å². The Hall–Kier alpha value is -3.47. The summed E-state index contributed by atoms with van der Waals surface area (Å²) in [6.45, 7) is 5.09. The number of hydrogen-bond donors (Lipinski definition) is 1. The van der Waals surface area contributed by atoms with Crippen molar-refractivity contribution in [3.8, 4) is 11.3 Å². The number of carbonyl (C=O) groups is 1. The van der Waals surface area contributed by atoms with Crippen LogP contribution in [-0.4, -0.2) is 70.6 Å². The Morgan fingerprint density at radius 3 is 2.65 bits per heavy atom. The van der Waals surface area contributed by atoms with Gasteiger partial charge >= 0.3 is 0 Å². The normalized spacial score (nSPS) is 15.4. The lowest BCUT2D eigenvalue weighted by Crippen LogP contribution is -2.51. The van der Waals surface area contributed by atoms with Crippen molar-refractivity contribution >= 4 is 44.6 Å². The molecule has 1 aliphatic heterocycles. The van der Waals surface area contributed by atoms with E-state index >= 15 is 0 Å². The van der Waals surface area contributed by atoms with Gasteiger partial charge in [-0.05, 0) is 37.3 Å². The number of ether oxygens (including phenoxy) is 1. The number of methoxy groups -OCH3 is 1. The second kappa shape index (κ2) is 9.80. The first-order valence-electron chi connectivity index (χ1n) is 11.0. The molecule has 174 valence electrons. The molecule has 0 aliphatic carbocycles. The third-order valence-electron chi connectivity index (χ3n) is 5.82. The van der Waals surface area contributed by atoms with Gasteiger partial charge in [0.05, 0.1) is 5.69 Å². The molecule has 1 N–H and O–H groups in total. The number of aromatic nitrogens is 4. The first-order valence-corrected chi connectivity index (χ1v) is 11.9. The molecule has 4 aromatic heterocycles. The maximum absolute atomic E-state index is 11.2. The molecule has 0 radical (unpaired) electrons. The van der Waals surface area contributed by atoms with Gasteiger partial charge in [0.2, 0.25) is 0 Å². The number of hydrogen-bond acceptors (Lipinski definition) is 10. The van der Waals surface area contributed by atoms with Gasteiger partial charge in [0.25, 0.3) is 0 Å². The Morgan fingerprint density at radius 1 is 1.06 bits per heavy atom. The quantitative estimate of drug-likeness (QED) is 0.403. The van der Waals surface area contributed by atoms with Crippen molar-refractivity contribution in [3.05, 3.63) is 54.5 Å². The lowest BCUT2D eigenvalue weighted by molar-refractivity contribution is -0.127. The average Bonchev–Trinajstić information content (AvgIpc) is 3.27. The van der Waals surface area contributed by atoms with Gasteiger partial charge in [0, 0.05) is 68.7 Å². The number of aryl methyl sites for hydroxylation is 1. The number of thiazole rings is 1. The minimum Gasteiger partial charge on any atom is -0.369 e. The van der Waals surface area contributed by atoms with E-state index in [9.17, 15) is 4.79 Å². The Bertz CT molecular complexity index is 1300. The molecule has 5 heterocycles. The topological polar surface area (TPSA) is 96.4 Å². The predicted molar refractivity (Wildman–Crippen MR) is 134 cm³/mol. The summed E-state index contributed by atoms with van der Waals surface area (Å²) >= 11 is 1.50. The van der Waals surface area contributed by atoms with E-state index in [0.29, 0.717) is 0 Å². The van der Waals surface area contributed by atoms with Crippen LogP contribution in [0.15, 0.2) is 48.8 Å². The van der Waals surface area contributed by atoms with E-state index in [1.807, 2.05) is 48.2 Å². The molecule has 0 saturated carbocycles. The summed E-state index contributed by atoms with van der Waals surface area (Å²) < 4.78 is 5.23. The summed E-state index contributed by atoms with van der Waals surface area (Å²) in [5, 5.41) is 4.07. The third kappa shape index (κ3) is 4.74. The highest BCUT2D eigenvalue weighted by Crippen LogP contribution is 2.30. The second-order valence-corrected chi connectivity index (χ2v) is 9.01. The van der Waals surface area contributed by atoms with E-state index < -0.39 is 6.23 Å². The van der Waals surface area contributed by atoms with Crippen LogP contribution in [0.3, 0.4) is 0 Å². The van der Waals surface area contributed by atoms with Crippen molar-refractivity contribution in [2.24, 2.45) is 0 Å². The SMILES string of the molecule is COC(C=O)N1CCN(c2ccnc(Nc3nc4ccc(-c5ccnc(C)c5)nc4s3)c2)CC1. The van der Waals surface area contributed by atoms with Crippen molar-refractivity contribution in [1.29, 1.82) is 0 Å². The Labute approximate surface area is 201 Å². The largest absolute Gasteiger partial charge is 0.369 e. The van der Waals surface area contributed by atoms with Gasteiger partial charge in [0.15, 0.2) is 17.6 Å². The molecular weight excluding hydrogens is 450 g/mol. The number of rotatable bonds is 7. The summed E-state index contributed by atoms with van der Waals surface area (Å²) in [7, 11) is 1.56. The lowest BCUT2D eigenvalue weighted by atomic mass is 10.1. The summed E-state index contributed by atoms with van der Waals surface area (Å²) in [6.07, 6.45) is 3.96. The van der Waals surface area contributed by atoms with Crippen molar-refractivity contribution in [1.82, 2.24) is 24.8 Å². The number of aldehydes is 1. The number of piperazine rings is 1. The van der Waals surface area contributed by atoms with Crippen molar-refractivity contribution in [2.75, 3.05) is 43.5 Å². The summed E-state index contributed by atoms with van der Waals surface area (Å²) in [6, 6.07) is 12.0. The first-order chi connectivity index (χ1) is 16.6. The van der Waals surface area contributed by atoms with Crippen LogP contribution in [-0.2, 0) is 9.53 Å². The molecule has 1 aliphatic rings. The number of nitrogens with one attached hydrogen (secondary N) is 1. The summed E-state index contributed by atoms with van der Waals surface area (Å²) in [5.41, 5.74) is 4.82. The predicted octanol–water partition coefficient (Wildman–Crippen LogP) is 3.49. The Kier molecular flexibility index (Phi) is 6.43. The van der Waals surface area contributed by atoms with Gasteiger partial charge in [-0.25, -0.2) is 15.0 Å². The molecule has 0 spiro atoms. The van der Waals surface area contributed by atoms with Gasteiger partial charge < -0.3 is 15.0 Å². The van der Waals surface area contributed by atoms with E-state index in [2.05, 4.69) is 25.2 Å². The zero-order valence-electron chi connectivity index (χ0n) is 19.0. The van der Waals surface area contributed by atoms with Crippen LogP contribution in [0.25, 0.3) is 21.6 Å². The Morgan fingerprint density at radius 2 is 1.88 bits per heavy atom. The first kappa shape index (κ1) is 22.3. The summed E-state index contributed by atoms with van der Waals surface area (Å²) in [4.78, 5) is 34.6. The van der Waals surface area contributed by atoms with Crippen molar-refractivity contribution < 1.29 is 9.53 Å². The molecule has 4 aromatic rings. The molecule has 1 fully saturated rings. The fraction of sp³-hybridized carbons (Fsp3) is 0.292. The number of anilines is 3. The highest BCUT2D eigenvalue weighted by molar-refractivity contribution is 7.21. The highest BCUT2D eigenvalue weighted by Gasteiger charge is 2.23. The number of nitrogens with zero attached hydrogens (tertiary/aromatic N) is 6. The zero-order chi connectivity index (χ0) is 23.5. The molecule has 1 unspecified atom stereocenters. The van der Waals surface area contributed by atoms with Crippen LogP contribution in [0.2, 0.25) is 0 Å². The molecule has 0 aromatic carbocycles. The van der Waals surface area contributed by atoms with E-state index in [4.69, 9.17) is 9.72 Å². The molecule has 34 heavy (non-hydrogen) atoms. The minimum atomic E-state index is -0.479. The van der Waals surface area contributed by atoms with Crippen LogP contribution in [0.5, 0.6) is 0 Å². The lowest BCUT2D eigenvalue weighted by Gasteiger charge is -2.37. The fourth-order valence-corrected chi connectivity index (χ4v) is 4.90. The summed E-state index contributed by atoms with van der Waals surface area (Å²) in [5.74, 6) is 0.728. The number of fused-ring (bicyclic) bond motifs is 1. The van der Waals surface area contributed by atoms with Gasteiger partial charge in [-0.3, -0.25) is 14.7 Å². The van der Waals surface area contributed by atoms with Crippen LogP contribution in [0, 0.1) is 6.92 Å². The average molecular weight is 476 g/mol. The maximum Gasteiger partial charge on any atom is 0.190 e. The molecule has 5 rings (SSSR count). The van der Waals surface area contributed by atoms with Gasteiger partial charge in [-0.2, -0.15) is 0 Å². The number of pyridine rings is 3. The van der Waals surface area contributed by atoms with Gasteiger partial charge in [-0.15, -0.1) is 0 Å². The van der Waals surface area contributed by atoms with Gasteiger partial charge in [0.1, 0.15) is 16.2 Å². The number of carbonyl (C=O) groups excluding carboxylic acids is 1. The maximum atomic E-state index is 11.2. The van der Waals surface area contributed by atoms with Crippen molar-refractivity contribution in [3.63, 3.8) is 0 Å². The van der Waals surface area contributed by atoms with E-state index in [1.54, 1.807) is 19.5 Å². The second-order valence-electron chi connectivity index (χ2n) is 8.04. The zero-order valence-corrected chi connectivity index (χ0v) is 19.8. The van der Waals surface area contributed by atoms with Crippen LogP contribution >= 0.6 is 11.3 Å². The van der Waals surface area contributed by atoms with Crippen molar-refractivity contribution in [2.45, 2.75) is 13.2 Å². The molecular formula is C24H25N7O2S. The highest BCUT2D eigenvalue weighted by atomic mass is 32.1. The fourth-order valence-electron chi connectivity index (χ4n) is 4.06. The monoisotopic (exact) mass is 475 g/mol. The van der Waals surface area contributed by atoms with E-state index in [0.717, 1.165) is 76.4 Å². The molecule has 0 amide bonds. The smallest absolute Gasteiger partial charge is 0.190 e.